The highest BCUT2D eigenvalue weighted by molar-refractivity contribution is 14.0. The Morgan fingerprint density at radius 1 is 1.25 bits per heavy atom. The van der Waals surface area contributed by atoms with Gasteiger partial charge in [-0.25, -0.2) is 0 Å². The van der Waals surface area contributed by atoms with Gasteiger partial charge in [-0.3, -0.25) is 4.99 Å². The number of thioether (sulfide) groups is 1. The number of rotatable bonds is 8. The van der Waals surface area contributed by atoms with Gasteiger partial charge in [0.05, 0.1) is 13.2 Å². The number of hydrogen-bond acceptors (Lipinski definition) is 3. The molecule has 0 saturated carbocycles. The minimum atomic E-state index is 0. The number of aliphatic imine (C=N–C) groups is 1. The molecule has 0 aromatic heterocycles. The van der Waals surface area contributed by atoms with E-state index in [9.17, 15) is 0 Å². The number of nitrogens with two attached hydrogens (primary N) is 1. The minimum Gasteiger partial charge on any atom is -0.383 e. The maximum atomic E-state index is 5.85. The molecule has 0 spiro atoms. The predicted octanol–water partition coefficient (Wildman–Crippen LogP) is 3.63. The summed E-state index contributed by atoms with van der Waals surface area (Å²) in [6.45, 7) is 3.35. The summed E-state index contributed by atoms with van der Waals surface area (Å²) < 4.78 is 5.05. The second-order valence-corrected chi connectivity index (χ2v) is 6.56. The van der Waals surface area contributed by atoms with Crippen molar-refractivity contribution in [2.45, 2.75) is 18.7 Å². The van der Waals surface area contributed by atoms with Crippen molar-refractivity contribution in [3.8, 4) is 0 Å². The molecule has 0 fully saturated rings. The lowest BCUT2D eigenvalue weighted by atomic mass is 10.1. The molecular formula is C18H26IN3OS. The van der Waals surface area contributed by atoms with Crippen molar-refractivity contribution in [2.75, 3.05) is 26.0 Å². The molecule has 0 aliphatic carbocycles. The van der Waals surface area contributed by atoms with E-state index < -0.39 is 0 Å². The summed E-state index contributed by atoms with van der Waals surface area (Å²) in [5.74, 6) is 2.43. The van der Waals surface area contributed by atoms with Crippen LogP contribution < -0.4 is 11.1 Å². The van der Waals surface area contributed by atoms with E-state index in [2.05, 4.69) is 52.8 Å². The van der Waals surface area contributed by atoms with Crippen molar-refractivity contribution in [1.29, 1.82) is 0 Å². The van der Waals surface area contributed by atoms with Gasteiger partial charge < -0.3 is 15.8 Å². The molecule has 4 nitrogen and oxygen atoms in total. The van der Waals surface area contributed by atoms with Crippen LogP contribution in [0.5, 0.6) is 0 Å². The van der Waals surface area contributed by atoms with Crippen LogP contribution >= 0.6 is 35.7 Å². The average Bonchev–Trinajstić information content (AvgIpc) is 2.55. The minimum absolute atomic E-state index is 0. The monoisotopic (exact) mass is 459 g/mol. The van der Waals surface area contributed by atoms with E-state index in [-0.39, 0.29) is 30.0 Å². The third-order valence-electron chi connectivity index (χ3n) is 3.47. The number of nitrogens with one attached hydrogen (secondary N) is 1. The highest BCUT2D eigenvalue weighted by atomic mass is 127. The lowest BCUT2D eigenvalue weighted by Gasteiger charge is -2.13. The quantitative estimate of drug-likeness (QED) is 0.274. The molecule has 2 rings (SSSR count). The van der Waals surface area contributed by atoms with Gasteiger partial charge in [-0.05, 0) is 23.3 Å². The molecule has 0 aliphatic heterocycles. The molecule has 0 radical (unpaired) electrons. The third kappa shape index (κ3) is 6.86. The molecule has 0 aliphatic rings. The second kappa shape index (κ2) is 11.5. The van der Waals surface area contributed by atoms with Gasteiger partial charge in [0.1, 0.15) is 0 Å². The second-order valence-electron chi connectivity index (χ2n) is 5.46. The van der Waals surface area contributed by atoms with Crippen LogP contribution in [0.1, 0.15) is 12.5 Å². The zero-order valence-electron chi connectivity index (χ0n) is 14.2. The molecule has 0 amide bonds. The van der Waals surface area contributed by atoms with Crippen molar-refractivity contribution in [1.82, 2.24) is 5.32 Å². The molecule has 6 heteroatoms. The molecule has 132 valence electrons. The summed E-state index contributed by atoms with van der Waals surface area (Å²) in [6, 6.07) is 15.1. The van der Waals surface area contributed by atoms with Crippen LogP contribution in [0.15, 0.2) is 47.5 Å². The molecule has 0 saturated heterocycles. The van der Waals surface area contributed by atoms with Crippen LogP contribution in [0, 0.1) is 0 Å². The lowest BCUT2D eigenvalue weighted by molar-refractivity contribution is 0.179. The Morgan fingerprint density at radius 2 is 2.00 bits per heavy atom. The smallest absolute Gasteiger partial charge is 0.188 e. The van der Waals surface area contributed by atoms with Gasteiger partial charge in [0.15, 0.2) is 5.96 Å². The molecular weight excluding hydrogens is 433 g/mol. The number of methoxy groups -OCH3 is 1. The van der Waals surface area contributed by atoms with Gasteiger partial charge in [-0.2, -0.15) is 11.8 Å². The molecule has 24 heavy (non-hydrogen) atoms. The van der Waals surface area contributed by atoms with Crippen LogP contribution in [0.25, 0.3) is 10.8 Å². The first-order chi connectivity index (χ1) is 11.2. The molecule has 2 aromatic rings. The summed E-state index contributed by atoms with van der Waals surface area (Å²) in [7, 11) is 1.68. The summed E-state index contributed by atoms with van der Waals surface area (Å²) in [6.07, 6.45) is 0. The van der Waals surface area contributed by atoms with Gasteiger partial charge in [-0.1, -0.05) is 42.5 Å². The van der Waals surface area contributed by atoms with Crippen LogP contribution in [0.3, 0.4) is 0 Å². The maximum Gasteiger partial charge on any atom is 0.188 e. The topological polar surface area (TPSA) is 59.6 Å². The lowest BCUT2D eigenvalue weighted by Crippen LogP contribution is -2.40. The van der Waals surface area contributed by atoms with Gasteiger partial charge in [-0.15, -0.1) is 24.0 Å². The number of guanidine groups is 1. The number of benzene rings is 2. The summed E-state index contributed by atoms with van der Waals surface area (Å²) in [5.41, 5.74) is 7.22. The van der Waals surface area contributed by atoms with Crippen molar-refractivity contribution in [3.05, 3.63) is 48.0 Å². The highest BCUT2D eigenvalue weighted by Gasteiger charge is 2.02. The fourth-order valence-electron chi connectivity index (χ4n) is 2.42. The van der Waals surface area contributed by atoms with Crippen LogP contribution in [-0.4, -0.2) is 38.0 Å². The molecule has 0 bridgehead atoms. The number of hydrogen-bond donors (Lipinski definition) is 2. The summed E-state index contributed by atoms with van der Waals surface area (Å²) >= 11 is 1.88. The molecule has 1 atom stereocenters. The van der Waals surface area contributed by atoms with Gasteiger partial charge in [0, 0.05) is 24.7 Å². The Morgan fingerprint density at radius 3 is 2.79 bits per heavy atom. The van der Waals surface area contributed by atoms with Crippen LogP contribution in [-0.2, 0) is 10.5 Å². The SMILES string of the molecule is COCC(C)NC(N)=NCCSCc1cccc2ccccc12.I. The van der Waals surface area contributed by atoms with E-state index in [0.29, 0.717) is 19.1 Å². The van der Waals surface area contributed by atoms with Crippen molar-refractivity contribution >= 4 is 52.5 Å². The Balaban J connectivity index is 0.00000288. The Kier molecular flexibility index (Phi) is 10.1. The van der Waals surface area contributed by atoms with E-state index in [0.717, 1.165) is 11.5 Å². The first kappa shape index (κ1) is 21.1. The van der Waals surface area contributed by atoms with Crippen molar-refractivity contribution < 1.29 is 4.74 Å². The van der Waals surface area contributed by atoms with E-state index in [1.54, 1.807) is 7.11 Å². The van der Waals surface area contributed by atoms with E-state index in [1.807, 2.05) is 18.7 Å². The Bertz CT molecular complexity index is 646. The Labute approximate surface area is 165 Å². The predicted molar refractivity (Wildman–Crippen MR) is 116 cm³/mol. The van der Waals surface area contributed by atoms with Gasteiger partial charge in [0.2, 0.25) is 0 Å². The number of halogens is 1. The largest absolute Gasteiger partial charge is 0.383 e. The number of fused-ring (bicyclic) bond motifs is 1. The van der Waals surface area contributed by atoms with E-state index in [1.165, 1.54) is 16.3 Å². The van der Waals surface area contributed by atoms with E-state index in [4.69, 9.17) is 10.5 Å². The average molecular weight is 459 g/mol. The first-order valence-electron chi connectivity index (χ1n) is 7.80. The van der Waals surface area contributed by atoms with Gasteiger partial charge in [0.25, 0.3) is 0 Å². The van der Waals surface area contributed by atoms with Crippen LogP contribution in [0.2, 0.25) is 0 Å². The van der Waals surface area contributed by atoms with Crippen molar-refractivity contribution in [2.24, 2.45) is 10.7 Å². The fraction of sp³-hybridized carbons (Fsp3) is 0.389. The molecule has 1 unspecified atom stereocenters. The highest BCUT2D eigenvalue weighted by Crippen LogP contribution is 2.22. The molecule has 3 N–H and O–H groups in total. The summed E-state index contributed by atoms with van der Waals surface area (Å²) in [4.78, 5) is 4.35. The first-order valence-corrected chi connectivity index (χ1v) is 8.96. The van der Waals surface area contributed by atoms with Crippen molar-refractivity contribution in [3.63, 3.8) is 0 Å². The zero-order chi connectivity index (χ0) is 16.5. The third-order valence-corrected chi connectivity index (χ3v) is 4.45. The molecule has 0 heterocycles. The maximum absolute atomic E-state index is 5.85. The normalized spacial score (nSPS) is 12.7. The number of ether oxygens (including phenoxy) is 1. The number of nitrogens with zero attached hydrogens (tertiary/aromatic N) is 1. The standard InChI is InChI=1S/C18H25N3OS.HI/c1-14(12-22-2)21-18(19)20-10-11-23-13-16-8-5-7-15-6-3-4-9-17(15)16;/h3-9,14H,10-13H2,1-2H3,(H3,19,20,21);1H. The summed E-state index contributed by atoms with van der Waals surface area (Å²) in [5, 5.41) is 5.74. The zero-order valence-corrected chi connectivity index (χ0v) is 17.3. The fourth-order valence-corrected chi connectivity index (χ4v) is 3.26. The van der Waals surface area contributed by atoms with Gasteiger partial charge >= 0.3 is 0 Å². The van der Waals surface area contributed by atoms with Crippen LogP contribution in [0.4, 0.5) is 0 Å². The van der Waals surface area contributed by atoms with E-state index >= 15 is 0 Å². The molecule has 2 aromatic carbocycles. The Hall–Kier alpha value is -0.990.